The number of rotatable bonds is 5. The molecule has 3 heteroatoms. The van der Waals surface area contributed by atoms with Crippen LogP contribution in [0.4, 0.5) is 0 Å². The van der Waals surface area contributed by atoms with Crippen LogP contribution in [0.5, 0.6) is 5.75 Å². The van der Waals surface area contributed by atoms with Crippen LogP contribution in [0.2, 0.25) is 5.02 Å². The van der Waals surface area contributed by atoms with Crippen molar-refractivity contribution in [1.82, 2.24) is 5.32 Å². The van der Waals surface area contributed by atoms with Crippen LogP contribution >= 0.6 is 11.6 Å². The number of nitrogens with one attached hydrogen (secondary N) is 1. The minimum atomic E-state index is 0.532. The number of hydrogen-bond donors (Lipinski definition) is 1. The lowest BCUT2D eigenvalue weighted by Gasteiger charge is -2.12. The summed E-state index contributed by atoms with van der Waals surface area (Å²) in [6.45, 7) is 0.986. The normalized spacial score (nSPS) is 16.8. The van der Waals surface area contributed by atoms with Gasteiger partial charge < -0.3 is 10.1 Å². The van der Waals surface area contributed by atoms with E-state index >= 15 is 0 Å². The Bertz CT molecular complexity index is 626. The Kier molecular flexibility index (Phi) is 4.47. The summed E-state index contributed by atoms with van der Waals surface area (Å²) in [7, 11) is 1.71. The Hall–Kier alpha value is -1.51. The zero-order valence-electron chi connectivity index (χ0n) is 12.2. The third-order valence-electron chi connectivity index (χ3n) is 4.08. The number of hydrogen-bond acceptors (Lipinski definition) is 2. The molecule has 0 fully saturated rings. The van der Waals surface area contributed by atoms with Gasteiger partial charge in [-0.25, -0.2) is 0 Å². The van der Waals surface area contributed by atoms with Crippen LogP contribution < -0.4 is 10.1 Å². The Balaban J connectivity index is 1.51. The number of methoxy groups -OCH3 is 1. The molecule has 0 radical (unpaired) electrons. The third-order valence-corrected chi connectivity index (χ3v) is 4.32. The van der Waals surface area contributed by atoms with Gasteiger partial charge >= 0.3 is 0 Å². The largest absolute Gasteiger partial charge is 0.497 e. The summed E-state index contributed by atoms with van der Waals surface area (Å²) in [5, 5.41) is 4.49. The molecule has 21 heavy (non-hydrogen) atoms. The van der Waals surface area contributed by atoms with Gasteiger partial charge in [0.05, 0.1) is 7.11 Å². The molecule has 0 aromatic heterocycles. The lowest BCUT2D eigenvalue weighted by Crippen LogP contribution is -2.31. The summed E-state index contributed by atoms with van der Waals surface area (Å²) in [6, 6.07) is 15.0. The van der Waals surface area contributed by atoms with E-state index in [0.29, 0.717) is 6.04 Å². The monoisotopic (exact) mass is 301 g/mol. The summed E-state index contributed by atoms with van der Waals surface area (Å²) >= 11 is 6.05. The second kappa shape index (κ2) is 6.50. The molecule has 2 nitrogen and oxygen atoms in total. The molecule has 0 aliphatic heterocycles. The van der Waals surface area contributed by atoms with Crippen molar-refractivity contribution in [3.05, 3.63) is 64.2 Å². The van der Waals surface area contributed by atoms with Crippen LogP contribution in [0, 0.1) is 0 Å². The molecule has 1 N–H and O–H groups in total. The van der Waals surface area contributed by atoms with Crippen molar-refractivity contribution in [2.24, 2.45) is 0 Å². The Morgan fingerprint density at radius 3 is 2.86 bits per heavy atom. The molecular weight excluding hydrogens is 282 g/mol. The highest BCUT2D eigenvalue weighted by molar-refractivity contribution is 6.30. The first-order valence-electron chi connectivity index (χ1n) is 7.38. The number of halogens is 1. The fourth-order valence-electron chi connectivity index (χ4n) is 2.98. The molecule has 1 aliphatic carbocycles. The quantitative estimate of drug-likeness (QED) is 0.910. The highest BCUT2D eigenvalue weighted by Gasteiger charge is 2.20. The van der Waals surface area contributed by atoms with E-state index in [0.717, 1.165) is 36.6 Å². The third kappa shape index (κ3) is 3.58. The van der Waals surface area contributed by atoms with Crippen LogP contribution in [-0.2, 0) is 19.3 Å². The molecule has 1 aliphatic rings. The van der Waals surface area contributed by atoms with E-state index in [-0.39, 0.29) is 0 Å². The number of ether oxygens (including phenoxy) is 1. The standard InChI is InChI=1S/C18H20ClNO/c1-21-18-4-2-3-13(9-18)7-8-20-17-11-14-5-6-16(19)10-15(14)12-17/h2-6,9-10,17,20H,7-8,11-12H2,1H3. The Labute approximate surface area is 131 Å². The SMILES string of the molecule is COc1cccc(CCNC2Cc3ccc(Cl)cc3C2)c1. The van der Waals surface area contributed by atoms with Gasteiger partial charge in [-0.05, 0) is 66.8 Å². The van der Waals surface area contributed by atoms with E-state index in [2.05, 4.69) is 29.6 Å². The van der Waals surface area contributed by atoms with E-state index < -0.39 is 0 Å². The van der Waals surface area contributed by atoms with Crippen LogP contribution in [0.3, 0.4) is 0 Å². The Morgan fingerprint density at radius 1 is 1.14 bits per heavy atom. The predicted molar refractivity (Wildman–Crippen MR) is 87.3 cm³/mol. The van der Waals surface area contributed by atoms with Crippen LogP contribution in [-0.4, -0.2) is 19.7 Å². The maximum atomic E-state index is 6.05. The smallest absolute Gasteiger partial charge is 0.119 e. The summed E-state index contributed by atoms with van der Waals surface area (Å²) < 4.78 is 5.26. The van der Waals surface area contributed by atoms with E-state index in [1.54, 1.807) is 7.11 Å². The van der Waals surface area contributed by atoms with Gasteiger partial charge in [0.1, 0.15) is 5.75 Å². The molecule has 0 saturated carbocycles. The second-order valence-electron chi connectivity index (χ2n) is 5.57. The van der Waals surface area contributed by atoms with Crippen molar-refractivity contribution in [2.75, 3.05) is 13.7 Å². The number of fused-ring (bicyclic) bond motifs is 1. The maximum Gasteiger partial charge on any atom is 0.119 e. The summed E-state index contributed by atoms with van der Waals surface area (Å²) in [6.07, 6.45) is 3.20. The molecule has 3 rings (SSSR count). The van der Waals surface area contributed by atoms with Crippen LogP contribution in [0.1, 0.15) is 16.7 Å². The summed E-state index contributed by atoms with van der Waals surface area (Å²) in [5.74, 6) is 0.926. The second-order valence-corrected chi connectivity index (χ2v) is 6.01. The molecule has 2 aromatic rings. The van der Waals surface area contributed by atoms with E-state index in [9.17, 15) is 0 Å². The minimum Gasteiger partial charge on any atom is -0.497 e. The van der Waals surface area contributed by atoms with Gasteiger partial charge in [-0.2, -0.15) is 0 Å². The van der Waals surface area contributed by atoms with Gasteiger partial charge in [-0.3, -0.25) is 0 Å². The van der Waals surface area contributed by atoms with Crippen molar-refractivity contribution < 1.29 is 4.74 Å². The minimum absolute atomic E-state index is 0.532. The Morgan fingerprint density at radius 2 is 2.00 bits per heavy atom. The highest BCUT2D eigenvalue weighted by atomic mass is 35.5. The lowest BCUT2D eigenvalue weighted by molar-refractivity contribution is 0.414. The molecule has 0 bridgehead atoms. The van der Waals surface area contributed by atoms with Gasteiger partial charge in [0.15, 0.2) is 0 Å². The molecule has 0 heterocycles. The molecule has 1 atom stereocenters. The first kappa shape index (κ1) is 14.4. The van der Waals surface area contributed by atoms with E-state index in [1.165, 1.54) is 16.7 Å². The maximum absolute atomic E-state index is 6.05. The van der Waals surface area contributed by atoms with Crippen LogP contribution in [0.25, 0.3) is 0 Å². The van der Waals surface area contributed by atoms with Crippen molar-refractivity contribution in [1.29, 1.82) is 0 Å². The topological polar surface area (TPSA) is 21.3 Å². The van der Waals surface area contributed by atoms with E-state index in [1.807, 2.05) is 18.2 Å². The predicted octanol–water partition coefficient (Wildman–Crippen LogP) is 3.65. The van der Waals surface area contributed by atoms with Crippen molar-refractivity contribution >= 4 is 11.6 Å². The zero-order valence-corrected chi connectivity index (χ0v) is 13.0. The first-order chi connectivity index (χ1) is 10.2. The molecule has 0 saturated heterocycles. The molecule has 2 aromatic carbocycles. The van der Waals surface area contributed by atoms with Crippen molar-refractivity contribution in [3.63, 3.8) is 0 Å². The van der Waals surface area contributed by atoms with Crippen LogP contribution in [0.15, 0.2) is 42.5 Å². The van der Waals surface area contributed by atoms with Crippen molar-refractivity contribution in [3.8, 4) is 5.75 Å². The number of benzene rings is 2. The fraction of sp³-hybridized carbons (Fsp3) is 0.333. The zero-order chi connectivity index (χ0) is 14.7. The summed E-state index contributed by atoms with van der Waals surface area (Å²) in [4.78, 5) is 0. The molecule has 1 unspecified atom stereocenters. The van der Waals surface area contributed by atoms with Gasteiger partial charge in [0.2, 0.25) is 0 Å². The van der Waals surface area contributed by atoms with Gasteiger partial charge in [0.25, 0.3) is 0 Å². The molecule has 0 amide bonds. The van der Waals surface area contributed by atoms with Gasteiger partial charge in [-0.15, -0.1) is 0 Å². The van der Waals surface area contributed by atoms with Gasteiger partial charge in [0, 0.05) is 11.1 Å². The fourth-order valence-corrected chi connectivity index (χ4v) is 3.17. The molecule has 110 valence electrons. The highest BCUT2D eigenvalue weighted by Crippen LogP contribution is 2.25. The average Bonchev–Trinajstić information content (AvgIpc) is 2.89. The summed E-state index contributed by atoms with van der Waals surface area (Å²) in [5.41, 5.74) is 4.13. The lowest BCUT2D eigenvalue weighted by atomic mass is 10.1. The molecule has 0 spiro atoms. The average molecular weight is 302 g/mol. The van der Waals surface area contributed by atoms with E-state index in [4.69, 9.17) is 16.3 Å². The van der Waals surface area contributed by atoms with Crippen molar-refractivity contribution in [2.45, 2.75) is 25.3 Å². The van der Waals surface area contributed by atoms with Gasteiger partial charge in [-0.1, -0.05) is 29.8 Å². The first-order valence-corrected chi connectivity index (χ1v) is 7.76. The molecular formula is C18H20ClNO.